The number of piperidine rings is 1. The van der Waals surface area contributed by atoms with Gasteiger partial charge in [0.15, 0.2) is 11.5 Å². The summed E-state index contributed by atoms with van der Waals surface area (Å²) < 4.78 is 11.6. The summed E-state index contributed by atoms with van der Waals surface area (Å²) in [4.78, 5) is 19.3. The van der Waals surface area contributed by atoms with E-state index >= 15 is 0 Å². The van der Waals surface area contributed by atoms with Gasteiger partial charge in [0, 0.05) is 36.4 Å². The van der Waals surface area contributed by atoms with Crippen LogP contribution in [0.15, 0.2) is 54.7 Å². The van der Waals surface area contributed by atoms with Gasteiger partial charge in [-0.3, -0.25) is 9.78 Å². The number of benzene rings is 2. The maximum Gasteiger partial charge on any atom is 0.267 e. The lowest BCUT2D eigenvalue weighted by Crippen LogP contribution is -2.50. The molecule has 3 heterocycles. The molecule has 1 unspecified atom stereocenters. The summed E-state index contributed by atoms with van der Waals surface area (Å²) in [6.07, 6.45) is 3.07. The molecule has 0 radical (unpaired) electrons. The molecule has 2 aliphatic heterocycles. The second-order valence-electron chi connectivity index (χ2n) is 7.94. The van der Waals surface area contributed by atoms with Gasteiger partial charge < -0.3 is 19.7 Å². The molecule has 2 aromatic carbocycles. The van der Waals surface area contributed by atoms with E-state index in [1.54, 1.807) is 0 Å². The summed E-state index contributed by atoms with van der Waals surface area (Å²) in [5.74, 6) is 1.34. The maximum absolute atomic E-state index is 12.9. The number of carbonyl (C=O) groups is 1. The van der Waals surface area contributed by atoms with Crippen molar-refractivity contribution in [3.8, 4) is 11.5 Å². The molecule has 5 rings (SSSR count). The Balaban J connectivity index is 1.21. The van der Waals surface area contributed by atoms with Crippen molar-refractivity contribution in [3.63, 3.8) is 0 Å². The number of likely N-dealkylation sites (tertiary alicyclic amines) is 1. The number of amides is 1. The summed E-state index contributed by atoms with van der Waals surface area (Å²) in [5.41, 5.74) is 3.31. The van der Waals surface area contributed by atoms with Crippen LogP contribution in [0.2, 0.25) is 0 Å². The molecule has 2 aliphatic rings. The smallest absolute Gasteiger partial charge is 0.267 e. The molecule has 1 aromatic heterocycles. The van der Waals surface area contributed by atoms with Crippen molar-refractivity contribution in [1.29, 1.82) is 0 Å². The predicted octanol–water partition coefficient (Wildman–Crippen LogP) is 3.79. The predicted molar refractivity (Wildman–Crippen MR) is 116 cm³/mol. The molecule has 0 bridgehead atoms. The first-order valence-corrected chi connectivity index (χ1v) is 10.5. The van der Waals surface area contributed by atoms with Crippen LogP contribution in [-0.2, 0) is 4.79 Å². The van der Waals surface area contributed by atoms with Gasteiger partial charge in [-0.2, -0.15) is 0 Å². The molecular formula is C24H25N3O3. The lowest BCUT2D eigenvalue weighted by molar-refractivity contribution is -0.142. The molecule has 30 heavy (non-hydrogen) atoms. The van der Waals surface area contributed by atoms with E-state index < -0.39 is 6.10 Å². The van der Waals surface area contributed by atoms with Crippen LogP contribution in [0.4, 0.5) is 5.69 Å². The van der Waals surface area contributed by atoms with Crippen molar-refractivity contribution >= 4 is 22.5 Å². The molecule has 1 N–H and O–H groups in total. The Bertz CT molecular complexity index is 1080. The summed E-state index contributed by atoms with van der Waals surface area (Å²) in [6.45, 7) is 3.76. The number of nitrogens with one attached hydrogen (secondary N) is 1. The first-order valence-electron chi connectivity index (χ1n) is 10.5. The lowest BCUT2D eigenvalue weighted by Gasteiger charge is -2.36. The fourth-order valence-electron chi connectivity index (χ4n) is 4.26. The Kier molecular flexibility index (Phi) is 4.91. The van der Waals surface area contributed by atoms with Crippen molar-refractivity contribution in [2.24, 2.45) is 0 Å². The van der Waals surface area contributed by atoms with E-state index in [-0.39, 0.29) is 12.5 Å². The normalized spacial score (nSPS) is 19.0. The molecule has 6 nitrogen and oxygen atoms in total. The van der Waals surface area contributed by atoms with E-state index in [0.717, 1.165) is 29.4 Å². The maximum atomic E-state index is 12.9. The highest BCUT2D eigenvalue weighted by molar-refractivity contribution is 5.93. The molecule has 1 amide bonds. The van der Waals surface area contributed by atoms with Crippen LogP contribution in [0.5, 0.6) is 11.5 Å². The Morgan fingerprint density at radius 1 is 1.07 bits per heavy atom. The van der Waals surface area contributed by atoms with Crippen LogP contribution in [-0.4, -0.2) is 47.6 Å². The van der Waals surface area contributed by atoms with Gasteiger partial charge in [0.25, 0.3) is 5.91 Å². The van der Waals surface area contributed by atoms with Gasteiger partial charge in [-0.15, -0.1) is 0 Å². The minimum Gasteiger partial charge on any atom is -0.485 e. The van der Waals surface area contributed by atoms with E-state index in [1.165, 1.54) is 5.56 Å². The number of ether oxygens (including phenoxy) is 2. The number of anilines is 1. The second kappa shape index (κ2) is 7.86. The Morgan fingerprint density at radius 2 is 1.87 bits per heavy atom. The van der Waals surface area contributed by atoms with Gasteiger partial charge in [-0.1, -0.05) is 30.3 Å². The highest BCUT2D eigenvalue weighted by Crippen LogP contribution is 2.32. The first-order chi connectivity index (χ1) is 14.7. The average Bonchev–Trinajstić information content (AvgIpc) is 2.79. The van der Waals surface area contributed by atoms with Crippen molar-refractivity contribution in [3.05, 3.63) is 60.3 Å². The standard InChI is InChI=1S/C24H25N3O3/c1-16-5-4-6-18-19(9-12-25-23(16)18)26-17-10-13-27(14-11-17)24(28)22-15-29-20-7-2-3-8-21(20)30-22/h2-9,12,17,22H,10-11,13-15H2,1H3,(H,25,26). The van der Waals surface area contributed by atoms with E-state index in [1.807, 2.05) is 41.4 Å². The van der Waals surface area contributed by atoms with Crippen LogP contribution >= 0.6 is 0 Å². The number of carbonyl (C=O) groups excluding carboxylic acids is 1. The largest absolute Gasteiger partial charge is 0.485 e. The average molecular weight is 403 g/mol. The zero-order valence-electron chi connectivity index (χ0n) is 17.0. The van der Waals surface area contributed by atoms with Gasteiger partial charge in [0.05, 0.1) is 5.52 Å². The molecule has 1 saturated heterocycles. The zero-order chi connectivity index (χ0) is 20.5. The lowest BCUT2D eigenvalue weighted by atomic mass is 10.0. The Morgan fingerprint density at radius 3 is 2.70 bits per heavy atom. The molecule has 1 atom stereocenters. The number of hydrogen-bond donors (Lipinski definition) is 1. The number of aromatic nitrogens is 1. The number of aryl methyl sites for hydroxylation is 1. The number of para-hydroxylation sites is 3. The van der Waals surface area contributed by atoms with Gasteiger partial charge in [0.1, 0.15) is 6.61 Å². The molecule has 0 spiro atoms. The van der Waals surface area contributed by atoms with Crippen LogP contribution in [0.3, 0.4) is 0 Å². The number of pyridine rings is 1. The molecule has 0 saturated carbocycles. The third kappa shape index (κ3) is 3.54. The molecule has 154 valence electrons. The number of nitrogens with zero attached hydrogens (tertiary/aromatic N) is 2. The second-order valence-corrected chi connectivity index (χ2v) is 7.94. The summed E-state index contributed by atoms with van der Waals surface area (Å²) in [7, 11) is 0. The van der Waals surface area contributed by atoms with Crippen molar-refractivity contribution in [2.75, 3.05) is 25.0 Å². The highest BCUT2D eigenvalue weighted by Gasteiger charge is 2.33. The molecule has 6 heteroatoms. The van der Waals surface area contributed by atoms with Gasteiger partial charge in [-0.05, 0) is 43.5 Å². The zero-order valence-corrected chi connectivity index (χ0v) is 17.0. The fraction of sp³-hybridized carbons (Fsp3) is 0.333. The number of fused-ring (bicyclic) bond motifs is 2. The van der Waals surface area contributed by atoms with E-state index in [0.29, 0.717) is 30.6 Å². The minimum absolute atomic E-state index is 0.00735. The Labute approximate surface area is 175 Å². The highest BCUT2D eigenvalue weighted by atomic mass is 16.6. The molecule has 0 aliphatic carbocycles. The SMILES string of the molecule is Cc1cccc2c(NC3CCN(C(=O)C4COc5ccccc5O4)CC3)ccnc12. The van der Waals surface area contributed by atoms with Crippen molar-refractivity contribution in [2.45, 2.75) is 31.9 Å². The van der Waals surface area contributed by atoms with Gasteiger partial charge in [-0.25, -0.2) is 0 Å². The van der Waals surface area contributed by atoms with Gasteiger partial charge >= 0.3 is 0 Å². The number of rotatable bonds is 3. The van der Waals surface area contributed by atoms with E-state index in [2.05, 4.69) is 35.4 Å². The third-order valence-corrected chi connectivity index (χ3v) is 5.92. The molecule has 3 aromatic rings. The number of hydrogen-bond acceptors (Lipinski definition) is 5. The van der Waals surface area contributed by atoms with Crippen LogP contribution in [0.1, 0.15) is 18.4 Å². The molecular weight excluding hydrogens is 378 g/mol. The molecule has 1 fully saturated rings. The third-order valence-electron chi connectivity index (χ3n) is 5.92. The van der Waals surface area contributed by atoms with E-state index in [9.17, 15) is 4.79 Å². The van der Waals surface area contributed by atoms with E-state index in [4.69, 9.17) is 9.47 Å². The Hall–Kier alpha value is -3.28. The summed E-state index contributed by atoms with van der Waals surface area (Å²) in [5, 5.41) is 4.81. The van der Waals surface area contributed by atoms with Crippen LogP contribution < -0.4 is 14.8 Å². The first kappa shape index (κ1) is 18.7. The summed E-state index contributed by atoms with van der Waals surface area (Å²) >= 11 is 0. The van der Waals surface area contributed by atoms with Crippen molar-refractivity contribution < 1.29 is 14.3 Å². The van der Waals surface area contributed by atoms with Crippen molar-refractivity contribution in [1.82, 2.24) is 9.88 Å². The minimum atomic E-state index is -0.573. The monoisotopic (exact) mass is 403 g/mol. The van der Waals surface area contributed by atoms with Gasteiger partial charge in [0.2, 0.25) is 6.10 Å². The fourth-order valence-corrected chi connectivity index (χ4v) is 4.26. The van der Waals surface area contributed by atoms with Crippen LogP contribution in [0, 0.1) is 6.92 Å². The summed E-state index contributed by atoms with van der Waals surface area (Å²) in [6, 6.07) is 16.1. The van der Waals surface area contributed by atoms with Crippen LogP contribution in [0.25, 0.3) is 10.9 Å². The quantitative estimate of drug-likeness (QED) is 0.721. The topological polar surface area (TPSA) is 63.7 Å².